The van der Waals surface area contributed by atoms with Crippen LogP contribution in [0.15, 0.2) is 18.2 Å². The number of carbonyl (C=O) groups is 1. The summed E-state index contributed by atoms with van der Waals surface area (Å²) in [4.78, 5) is 18.8. The summed E-state index contributed by atoms with van der Waals surface area (Å²) in [6, 6.07) is 5.87. The van der Waals surface area contributed by atoms with Crippen molar-refractivity contribution in [3.63, 3.8) is 0 Å². The summed E-state index contributed by atoms with van der Waals surface area (Å²) < 4.78 is 12.0. The number of rotatable bonds is 7. The molecule has 1 aromatic carbocycles. The number of amides is 1. The topological polar surface area (TPSA) is 88.3 Å². The summed E-state index contributed by atoms with van der Waals surface area (Å²) >= 11 is 5.17. The number of methoxy groups -OCH3 is 1. The van der Waals surface area contributed by atoms with Gasteiger partial charge in [0.15, 0.2) is 22.1 Å². The summed E-state index contributed by atoms with van der Waals surface area (Å²) in [7, 11) is 1.65. The van der Waals surface area contributed by atoms with E-state index in [4.69, 9.17) is 21.7 Å². The fourth-order valence-corrected chi connectivity index (χ4v) is 3.58. The van der Waals surface area contributed by atoms with Gasteiger partial charge in [-0.3, -0.25) is 4.79 Å². The predicted octanol–water partition coefficient (Wildman–Crippen LogP) is 4.35. The molecule has 150 valence electrons. The van der Waals surface area contributed by atoms with E-state index in [1.54, 1.807) is 7.11 Å². The zero-order valence-corrected chi connectivity index (χ0v) is 17.2. The molecule has 1 amide bonds. The molecule has 0 spiro atoms. The zero-order valence-electron chi connectivity index (χ0n) is 16.4. The molecule has 3 N–H and O–H groups in total. The molecule has 0 unspecified atom stereocenters. The number of hydrogen-bond acceptors (Lipinski definition) is 6. The van der Waals surface area contributed by atoms with Crippen molar-refractivity contribution in [1.82, 2.24) is 9.97 Å². The largest absolute Gasteiger partial charge is 0.493 e. The van der Waals surface area contributed by atoms with Crippen LogP contribution in [0.3, 0.4) is 0 Å². The molecule has 8 heteroatoms. The Morgan fingerprint density at radius 2 is 2.07 bits per heavy atom. The quantitative estimate of drug-likeness (QED) is 0.597. The molecule has 3 rings (SSSR count). The Balaban J connectivity index is 1.79. The Labute approximate surface area is 169 Å². The van der Waals surface area contributed by atoms with Crippen LogP contribution in [-0.4, -0.2) is 29.1 Å². The maximum absolute atomic E-state index is 11.5. The first kappa shape index (κ1) is 20.1. The van der Waals surface area contributed by atoms with Crippen molar-refractivity contribution in [3.8, 4) is 11.5 Å². The number of anilines is 2. The summed E-state index contributed by atoms with van der Waals surface area (Å²) in [6.45, 7) is 3.80. The number of nitrogens with one attached hydrogen (secondary N) is 3. The number of carbonyl (C=O) groups excluding carboxylic acids is 1. The fraction of sp³-hybridized carbons (Fsp3) is 0.450. The monoisotopic (exact) mass is 402 g/mol. The van der Waals surface area contributed by atoms with Crippen LogP contribution in [0.1, 0.15) is 43.9 Å². The normalized spacial score (nSPS) is 14.0. The lowest BCUT2D eigenvalue weighted by atomic mass is 10.2. The van der Waals surface area contributed by atoms with E-state index < -0.39 is 0 Å². The van der Waals surface area contributed by atoms with Crippen LogP contribution in [-0.2, 0) is 11.3 Å². The van der Waals surface area contributed by atoms with Crippen LogP contribution in [0.4, 0.5) is 11.5 Å². The molecule has 0 atom stereocenters. The molecule has 0 radical (unpaired) electrons. The first-order valence-electron chi connectivity index (χ1n) is 9.42. The molecule has 0 bridgehead atoms. The highest BCUT2D eigenvalue weighted by Crippen LogP contribution is 2.33. The Kier molecular flexibility index (Phi) is 6.51. The van der Waals surface area contributed by atoms with Crippen LogP contribution in [0, 0.1) is 11.7 Å². The Bertz CT molecular complexity index is 907. The molecule has 2 aromatic rings. The number of aromatic amines is 1. The second-order valence-electron chi connectivity index (χ2n) is 6.93. The summed E-state index contributed by atoms with van der Waals surface area (Å²) in [5, 5.41) is 6.06. The number of H-pyrrole nitrogens is 1. The summed E-state index contributed by atoms with van der Waals surface area (Å²) in [5.74, 6) is 1.84. The lowest BCUT2D eigenvalue weighted by Crippen LogP contribution is -2.14. The van der Waals surface area contributed by atoms with Gasteiger partial charge in [0.2, 0.25) is 5.91 Å². The first-order valence-corrected chi connectivity index (χ1v) is 9.83. The third-order valence-electron chi connectivity index (χ3n) is 4.70. The zero-order chi connectivity index (χ0) is 20.1. The van der Waals surface area contributed by atoms with Crippen LogP contribution < -0.4 is 20.1 Å². The van der Waals surface area contributed by atoms with Gasteiger partial charge >= 0.3 is 0 Å². The number of nitrogens with zero attached hydrogens (tertiary/aromatic N) is 1. The van der Waals surface area contributed by atoms with Gasteiger partial charge in [0.1, 0.15) is 5.69 Å². The van der Waals surface area contributed by atoms with Crippen LogP contribution in [0.5, 0.6) is 11.5 Å². The van der Waals surface area contributed by atoms with Crippen molar-refractivity contribution in [2.24, 2.45) is 0 Å². The van der Waals surface area contributed by atoms with Gasteiger partial charge in [-0.1, -0.05) is 6.07 Å². The first-order chi connectivity index (χ1) is 13.5. The molecule has 1 fully saturated rings. The molecule has 1 aliphatic carbocycles. The minimum Gasteiger partial charge on any atom is -0.493 e. The standard InChI is InChI=1S/C20H26N4O3S/c1-12-18(23-13(2)25)19(24-20(28)22-12)21-11-14-8-9-16(26-3)17(10-14)27-15-6-4-5-7-15/h8-10,15H,4-7,11H2,1-3H3,(H,23,25)(H2,21,22,24,28). The van der Waals surface area contributed by atoms with E-state index >= 15 is 0 Å². The van der Waals surface area contributed by atoms with E-state index in [1.165, 1.54) is 19.8 Å². The Morgan fingerprint density at radius 3 is 2.75 bits per heavy atom. The van der Waals surface area contributed by atoms with Crippen LogP contribution in [0.2, 0.25) is 0 Å². The third kappa shape index (κ3) is 5.01. The second-order valence-corrected chi connectivity index (χ2v) is 7.32. The Morgan fingerprint density at radius 1 is 1.32 bits per heavy atom. The average molecular weight is 403 g/mol. The lowest BCUT2D eigenvalue weighted by molar-refractivity contribution is -0.114. The van der Waals surface area contributed by atoms with Crippen molar-refractivity contribution in [3.05, 3.63) is 34.2 Å². The SMILES string of the molecule is COc1ccc(CNc2nc(=S)[nH]c(C)c2NC(C)=O)cc1OC1CCCC1. The van der Waals surface area contributed by atoms with Crippen molar-refractivity contribution in [1.29, 1.82) is 0 Å². The highest BCUT2D eigenvalue weighted by molar-refractivity contribution is 7.71. The number of aromatic nitrogens is 2. The number of benzene rings is 1. The van der Waals surface area contributed by atoms with Gasteiger partial charge in [-0.15, -0.1) is 0 Å². The molecular weight excluding hydrogens is 376 g/mol. The van der Waals surface area contributed by atoms with Crippen molar-refractivity contribution >= 4 is 29.6 Å². The molecule has 0 aliphatic heterocycles. The minimum absolute atomic E-state index is 0.171. The lowest BCUT2D eigenvalue weighted by Gasteiger charge is -2.18. The highest BCUT2D eigenvalue weighted by atomic mass is 32.1. The Hall–Kier alpha value is -2.61. The number of aryl methyl sites for hydroxylation is 1. The number of ether oxygens (including phenoxy) is 2. The molecule has 1 heterocycles. The molecule has 1 aromatic heterocycles. The van der Waals surface area contributed by atoms with Crippen molar-refractivity contribution < 1.29 is 14.3 Å². The fourth-order valence-electron chi connectivity index (χ4n) is 3.34. The van der Waals surface area contributed by atoms with E-state index in [1.807, 2.05) is 25.1 Å². The van der Waals surface area contributed by atoms with E-state index in [9.17, 15) is 4.79 Å². The highest BCUT2D eigenvalue weighted by Gasteiger charge is 2.19. The van der Waals surface area contributed by atoms with Gasteiger partial charge in [-0.05, 0) is 62.5 Å². The van der Waals surface area contributed by atoms with E-state index in [0.29, 0.717) is 22.8 Å². The smallest absolute Gasteiger partial charge is 0.221 e. The van der Waals surface area contributed by atoms with E-state index in [0.717, 1.165) is 35.6 Å². The maximum Gasteiger partial charge on any atom is 0.221 e. The van der Waals surface area contributed by atoms with E-state index in [-0.39, 0.29) is 12.0 Å². The third-order valence-corrected chi connectivity index (χ3v) is 4.90. The van der Waals surface area contributed by atoms with Crippen molar-refractivity contribution in [2.45, 2.75) is 52.2 Å². The van der Waals surface area contributed by atoms with Crippen LogP contribution >= 0.6 is 12.2 Å². The summed E-state index contributed by atoms with van der Waals surface area (Å²) in [6.07, 6.45) is 4.83. The minimum atomic E-state index is -0.171. The number of hydrogen-bond donors (Lipinski definition) is 3. The maximum atomic E-state index is 11.5. The van der Waals surface area contributed by atoms with Crippen molar-refractivity contribution in [2.75, 3.05) is 17.7 Å². The summed E-state index contributed by atoms with van der Waals surface area (Å²) in [5.41, 5.74) is 2.36. The molecule has 7 nitrogen and oxygen atoms in total. The molecule has 1 aliphatic rings. The van der Waals surface area contributed by atoms with Gasteiger partial charge in [-0.25, -0.2) is 4.98 Å². The van der Waals surface area contributed by atoms with Gasteiger partial charge in [0.05, 0.1) is 13.2 Å². The molecule has 0 saturated heterocycles. The second kappa shape index (κ2) is 9.05. The molecule has 28 heavy (non-hydrogen) atoms. The molecule has 1 saturated carbocycles. The van der Waals surface area contributed by atoms with Gasteiger partial charge in [0, 0.05) is 19.2 Å². The van der Waals surface area contributed by atoms with Gasteiger partial charge < -0.3 is 25.1 Å². The van der Waals surface area contributed by atoms with Crippen LogP contribution in [0.25, 0.3) is 0 Å². The molecular formula is C20H26N4O3S. The van der Waals surface area contributed by atoms with Gasteiger partial charge in [0.25, 0.3) is 0 Å². The predicted molar refractivity (Wildman–Crippen MR) is 112 cm³/mol. The van der Waals surface area contributed by atoms with Gasteiger partial charge in [-0.2, -0.15) is 0 Å². The van der Waals surface area contributed by atoms with E-state index in [2.05, 4.69) is 20.6 Å². The average Bonchev–Trinajstić information content (AvgIpc) is 3.15.